The van der Waals surface area contributed by atoms with Crippen LogP contribution in [-0.2, 0) is 28.6 Å². The van der Waals surface area contributed by atoms with E-state index in [4.69, 9.17) is 14.2 Å². The molecule has 0 aliphatic carbocycles. The van der Waals surface area contributed by atoms with Crippen molar-refractivity contribution in [2.45, 2.75) is 245 Å². The number of carbonyl (C=O) groups is 3. The molecule has 0 aromatic carbocycles. The van der Waals surface area contributed by atoms with E-state index in [0.29, 0.717) is 19.3 Å². The number of rotatable bonds is 49. The number of allylic oxidation sites excluding steroid dienone is 20. The van der Waals surface area contributed by atoms with Crippen LogP contribution in [0.25, 0.3) is 0 Å². The van der Waals surface area contributed by atoms with Gasteiger partial charge in [-0.05, 0) is 128 Å². The predicted octanol–water partition coefficient (Wildman–Crippen LogP) is 18.9. The molecule has 0 aromatic heterocycles. The molecule has 0 heterocycles. The van der Waals surface area contributed by atoms with Crippen LogP contribution >= 0.6 is 0 Å². The van der Waals surface area contributed by atoms with E-state index in [9.17, 15) is 14.4 Å². The van der Waals surface area contributed by atoms with Gasteiger partial charge >= 0.3 is 17.9 Å². The molecule has 390 valence electrons. The van der Waals surface area contributed by atoms with Gasteiger partial charge in [0.1, 0.15) is 13.2 Å². The molecule has 0 aliphatic rings. The van der Waals surface area contributed by atoms with Crippen LogP contribution in [-0.4, -0.2) is 37.2 Å². The maximum atomic E-state index is 12.8. The van der Waals surface area contributed by atoms with Crippen LogP contribution in [0.4, 0.5) is 0 Å². The maximum Gasteiger partial charge on any atom is 0.306 e. The van der Waals surface area contributed by atoms with E-state index in [1.165, 1.54) is 51.4 Å². The Bertz CT molecular complexity index is 1470. The highest BCUT2D eigenvalue weighted by molar-refractivity contribution is 5.71. The van der Waals surface area contributed by atoms with Crippen LogP contribution in [0.1, 0.15) is 239 Å². The largest absolute Gasteiger partial charge is 0.462 e. The van der Waals surface area contributed by atoms with Gasteiger partial charge in [0.15, 0.2) is 6.10 Å². The molecule has 0 aliphatic heterocycles. The normalized spacial score (nSPS) is 13.0. The van der Waals surface area contributed by atoms with Crippen molar-refractivity contribution in [3.05, 3.63) is 122 Å². The third-order valence-corrected chi connectivity index (χ3v) is 11.4. The Morgan fingerprint density at radius 2 is 0.565 bits per heavy atom. The first-order valence-electron chi connectivity index (χ1n) is 28.0. The van der Waals surface area contributed by atoms with Crippen molar-refractivity contribution in [2.75, 3.05) is 13.2 Å². The molecule has 6 nitrogen and oxygen atoms in total. The summed E-state index contributed by atoms with van der Waals surface area (Å²) in [6.45, 7) is 6.33. The number of esters is 3. The average molecular weight is 956 g/mol. The third-order valence-electron chi connectivity index (χ3n) is 11.4. The van der Waals surface area contributed by atoms with E-state index in [-0.39, 0.29) is 31.1 Å². The number of carbonyl (C=O) groups excluding carboxylic acids is 3. The van der Waals surface area contributed by atoms with Gasteiger partial charge in [-0.3, -0.25) is 14.4 Å². The van der Waals surface area contributed by atoms with Gasteiger partial charge in [0.05, 0.1) is 0 Å². The molecule has 1 unspecified atom stereocenters. The smallest absolute Gasteiger partial charge is 0.306 e. The lowest BCUT2D eigenvalue weighted by Crippen LogP contribution is -2.30. The molecule has 0 N–H and O–H groups in total. The van der Waals surface area contributed by atoms with Crippen molar-refractivity contribution in [3.8, 4) is 0 Å². The fraction of sp³-hybridized carbons (Fsp3) is 0.635. The van der Waals surface area contributed by atoms with Crippen molar-refractivity contribution in [2.24, 2.45) is 0 Å². The zero-order valence-electron chi connectivity index (χ0n) is 44.5. The van der Waals surface area contributed by atoms with Crippen molar-refractivity contribution in [1.29, 1.82) is 0 Å². The molecule has 0 radical (unpaired) electrons. The lowest BCUT2D eigenvalue weighted by atomic mass is 10.1. The highest BCUT2D eigenvalue weighted by Crippen LogP contribution is 2.13. The molecule has 0 amide bonds. The van der Waals surface area contributed by atoms with Gasteiger partial charge in [0.25, 0.3) is 0 Å². The maximum absolute atomic E-state index is 12.8. The first kappa shape index (κ1) is 64.8. The minimum atomic E-state index is -0.806. The van der Waals surface area contributed by atoms with E-state index in [2.05, 4.69) is 142 Å². The van der Waals surface area contributed by atoms with Gasteiger partial charge < -0.3 is 14.2 Å². The van der Waals surface area contributed by atoms with Gasteiger partial charge in [0, 0.05) is 19.3 Å². The van der Waals surface area contributed by atoms with E-state index in [0.717, 1.165) is 148 Å². The Balaban J connectivity index is 4.43. The van der Waals surface area contributed by atoms with Gasteiger partial charge in [-0.1, -0.05) is 213 Å². The highest BCUT2D eigenvalue weighted by atomic mass is 16.6. The first-order valence-corrected chi connectivity index (χ1v) is 28.0. The number of unbranched alkanes of at least 4 members (excludes halogenated alkanes) is 18. The van der Waals surface area contributed by atoms with Gasteiger partial charge in [-0.2, -0.15) is 0 Å². The minimum Gasteiger partial charge on any atom is -0.462 e. The molecule has 0 rings (SSSR count). The van der Waals surface area contributed by atoms with Crippen molar-refractivity contribution in [1.82, 2.24) is 0 Å². The minimum absolute atomic E-state index is 0.102. The molecule has 0 bridgehead atoms. The zero-order valence-corrected chi connectivity index (χ0v) is 44.5. The summed E-state index contributed by atoms with van der Waals surface area (Å²) in [4.78, 5) is 38.1. The van der Waals surface area contributed by atoms with Crippen molar-refractivity contribution in [3.63, 3.8) is 0 Å². The van der Waals surface area contributed by atoms with Crippen LogP contribution in [0.3, 0.4) is 0 Å². The molecule has 0 fully saturated rings. The summed E-state index contributed by atoms with van der Waals surface area (Å²) in [5, 5.41) is 0. The van der Waals surface area contributed by atoms with Gasteiger partial charge in [0.2, 0.25) is 0 Å². The molecule has 6 heteroatoms. The van der Waals surface area contributed by atoms with Crippen molar-refractivity contribution >= 4 is 17.9 Å². The summed E-state index contributed by atoms with van der Waals surface area (Å²) in [6, 6.07) is 0. The third kappa shape index (κ3) is 54.6. The second-order valence-electron chi connectivity index (χ2n) is 18.1. The number of hydrogen-bond donors (Lipinski definition) is 0. The van der Waals surface area contributed by atoms with Gasteiger partial charge in [-0.25, -0.2) is 0 Å². The quantitative estimate of drug-likeness (QED) is 0.0262. The number of hydrogen-bond acceptors (Lipinski definition) is 6. The van der Waals surface area contributed by atoms with Crippen LogP contribution in [0.2, 0.25) is 0 Å². The number of ether oxygens (including phenoxy) is 3. The fourth-order valence-corrected chi connectivity index (χ4v) is 7.28. The molecule has 0 saturated heterocycles. The summed E-state index contributed by atoms with van der Waals surface area (Å²) >= 11 is 0. The van der Waals surface area contributed by atoms with Crippen LogP contribution in [0.15, 0.2) is 122 Å². The molecule has 0 aromatic rings. The van der Waals surface area contributed by atoms with Crippen LogP contribution in [0, 0.1) is 0 Å². The van der Waals surface area contributed by atoms with E-state index >= 15 is 0 Å². The van der Waals surface area contributed by atoms with Crippen molar-refractivity contribution < 1.29 is 28.6 Å². The van der Waals surface area contributed by atoms with E-state index < -0.39 is 6.10 Å². The molecule has 0 spiro atoms. The highest BCUT2D eigenvalue weighted by Gasteiger charge is 2.19. The summed E-state index contributed by atoms with van der Waals surface area (Å²) in [5.74, 6) is -0.960. The zero-order chi connectivity index (χ0) is 50.0. The Kier molecular flexibility index (Phi) is 53.0. The lowest BCUT2D eigenvalue weighted by molar-refractivity contribution is -0.167. The summed E-state index contributed by atoms with van der Waals surface area (Å²) < 4.78 is 16.8. The SMILES string of the molecule is CC/C=C\C/C=C\C/C=C\C/C=C\C/C=C\CCCCCCCCCC(=O)OCC(COC(=O)CCCCC/C=C\C/C=C\C/C=C\CC)OC(=O)CCCCCCC/C=C\C/C=C\CCCCC. The molecule has 1 atom stereocenters. The average Bonchev–Trinajstić information content (AvgIpc) is 3.35. The Hall–Kier alpha value is -4.19. The summed E-state index contributed by atoms with van der Waals surface area (Å²) in [6.07, 6.45) is 77.6. The summed E-state index contributed by atoms with van der Waals surface area (Å²) in [7, 11) is 0. The lowest BCUT2D eigenvalue weighted by Gasteiger charge is -2.18. The fourth-order valence-electron chi connectivity index (χ4n) is 7.28. The van der Waals surface area contributed by atoms with E-state index in [1.54, 1.807) is 0 Å². The Labute approximate surface area is 424 Å². The molecule has 0 saturated carbocycles. The Morgan fingerprint density at radius 3 is 0.899 bits per heavy atom. The second-order valence-corrected chi connectivity index (χ2v) is 18.1. The van der Waals surface area contributed by atoms with Crippen LogP contribution < -0.4 is 0 Å². The second kappa shape index (κ2) is 56.4. The standard InChI is InChI=1S/C63H102O6/c1-4-7-10-13-16-19-22-25-27-28-29-30-31-32-33-34-36-38-41-44-47-50-53-56-62(65)68-59-60(58-67-61(64)55-52-49-46-43-40-37-24-21-18-15-12-9-6-3)69-63(66)57-54-51-48-45-42-39-35-26-23-20-17-14-11-8-5-2/h7,9-10,12,16-21,25-27,29-30,32-33,35,37,40,60H,4-6,8,11,13-15,22-24,28,31,34,36,38-39,41-59H2,1-3H3/b10-7-,12-9-,19-16-,20-17-,21-18-,27-25-,30-29-,33-32-,35-26-,40-37-. The monoisotopic (exact) mass is 955 g/mol. The predicted molar refractivity (Wildman–Crippen MR) is 297 cm³/mol. The molecular formula is C63H102O6. The van der Waals surface area contributed by atoms with Gasteiger partial charge in [-0.15, -0.1) is 0 Å². The Morgan fingerprint density at radius 1 is 0.304 bits per heavy atom. The summed E-state index contributed by atoms with van der Waals surface area (Å²) in [5.41, 5.74) is 0. The molecular weight excluding hydrogens is 853 g/mol. The topological polar surface area (TPSA) is 78.9 Å². The molecule has 69 heavy (non-hydrogen) atoms. The van der Waals surface area contributed by atoms with Crippen LogP contribution in [0.5, 0.6) is 0 Å². The first-order chi connectivity index (χ1) is 34.0. The van der Waals surface area contributed by atoms with E-state index in [1.807, 2.05) is 0 Å².